The monoisotopic (exact) mass is 377 g/mol. The van der Waals surface area contributed by atoms with Crippen molar-refractivity contribution in [1.82, 2.24) is 4.48 Å². The number of benzene rings is 1. The summed E-state index contributed by atoms with van der Waals surface area (Å²) in [6, 6.07) is 9.51. The molecule has 0 saturated heterocycles. The van der Waals surface area contributed by atoms with Crippen LogP contribution in [0.5, 0.6) is 0 Å². The molecule has 3 nitrogen and oxygen atoms in total. The molecule has 0 saturated carbocycles. The molecule has 1 aliphatic rings. The number of aromatic nitrogens is 1. The smallest absolute Gasteiger partial charge is 0.329 e. The van der Waals surface area contributed by atoms with E-state index >= 15 is 0 Å². The van der Waals surface area contributed by atoms with Crippen LogP contribution < -0.4 is 0 Å². The number of hydrogen-bond donors (Lipinski definition) is 0. The molecule has 0 atom stereocenters. The Bertz CT molecular complexity index is 1110. The Morgan fingerprint density at radius 3 is 2.32 bits per heavy atom. The van der Waals surface area contributed by atoms with Gasteiger partial charge < -0.3 is 4.48 Å². The van der Waals surface area contributed by atoms with Gasteiger partial charge in [-0.2, -0.15) is 5.26 Å². The van der Waals surface area contributed by atoms with Crippen LogP contribution in [0.3, 0.4) is 0 Å². The quantitative estimate of drug-likeness (QED) is 0.629. The van der Waals surface area contributed by atoms with Crippen LogP contribution >= 0.6 is 0 Å². The van der Waals surface area contributed by atoms with E-state index in [1.54, 1.807) is 19.1 Å². The maximum atomic E-state index is 13.7. The Kier molecular flexibility index (Phi) is 5.12. The first-order chi connectivity index (χ1) is 13.2. The van der Waals surface area contributed by atoms with Crippen molar-refractivity contribution in [2.45, 2.75) is 41.5 Å². The van der Waals surface area contributed by atoms with Gasteiger partial charge in [-0.3, -0.25) is 13.6 Å². The Balaban J connectivity index is 2.22. The van der Waals surface area contributed by atoms with E-state index < -0.39 is 7.40 Å². The highest BCUT2D eigenvalue weighted by Gasteiger charge is 2.28. The molecule has 0 amide bonds. The summed E-state index contributed by atoms with van der Waals surface area (Å²) in [6.45, 7) is 11.3. The lowest BCUT2D eigenvalue weighted by atomic mass is 9.92. The second-order valence-corrected chi connectivity index (χ2v) is 7.28. The third-order valence-electron chi connectivity index (χ3n) is 5.32. The first-order valence-corrected chi connectivity index (χ1v) is 9.13. The number of aryl methyl sites for hydroxylation is 3. The van der Waals surface area contributed by atoms with Gasteiger partial charge >= 0.3 is 7.40 Å². The van der Waals surface area contributed by atoms with E-state index in [0.29, 0.717) is 17.0 Å². The average molecular weight is 377 g/mol. The average Bonchev–Trinajstić information content (AvgIpc) is 3.09. The van der Waals surface area contributed by atoms with E-state index in [2.05, 4.69) is 6.07 Å². The van der Waals surface area contributed by atoms with Gasteiger partial charge in [-0.15, -0.1) is 0 Å². The first-order valence-electron chi connectivity index (χ1n) is 9.13. The van der Waals surface area contributed by atoms with Crippen LogP contribution in [-0.4, -0.2) is 17.6 Å². The number of aliphatic imine (C=N–C) groups is 1. The largest absolute Gasteiger partial charge is 0.677 e. The Hall–Kier alpha value is -2.94. The van der Waals surface area contributed by atoms with Gasteiger partial charge in [-0.05, 0) is 87.6 Å². The van der Waals surface area contributed by atoms with Crippen molar-refractivity contribution in [3.05, 3.63) is 69.2 Å². The van der Waals surface area contributed by atoms with Gasteiger partial charge in [0.2, 0.25) is 0 Å². The zero-order valence-electron chi connectivity index (χ0n) is 17.0. The molecule has 3 rings (SSSR count). The SMILES string of the molecule is CC1=N/C(=C(/C)c2c(C)cc(C)n2B(F)F)C(C)=C1c1ccc(C#N)cc1C. The molecule has 0 bridgehead atoms. The van der Waals surface area contributed by atoms with Crippen LogP contribution in [0.4, 0.5) is 8.63 Å². The van der Waals surface area contributed by atoms with Gasteiger partial charge in [-0.25, -0.2) is 0 Å². The Labute approximate surface area is 164 Å². The van der Waals surface area contributed by atoms with Gasteiger partial charge in [0.15, 0.2) is 0 Å². The highest BCUT2D eigenvalue weighted by molar-refractivity contribution is 6.41. The predicted molar refractivity (Wildman–Crippen MR) is 111 cm³/mol. The van der Waals surface area contributed by atoms with Crippen molar-refractivity contribution in [3.8, 4) is 6.07 Å². The fourth-order valence-electron chi connectivity index (χ4n) is 4.13. The number of allylic oxidation sites excluding steroid dienone is 3. The minimum Gasteiger partial charge on any atom is -0.329 e. The fraction of sp³-hybridized carbons (Fsp3) is 0.273. The van der Waals surface area contributed by atoms with Crippen LogP contribution in [0, 0.1) is 32.1 Å². The van der Waals surface area contributed by atoms with E-state index in [1.165, 1.54) is 0 Å². The van der Waals surface area contributed by atoms with Gasteiger partial charge in [0, 0.05) is 22.7 Å². The van der Waals surface area contributed by atoms with Gasteiger partial charge in [-0.1, -0.05) is 6.07 Å². The summed E-state index contributed by atoms with van der Waals surface area (Å²) in [4.78, 5) is 4.74. The highest BCUT2D eigenvalue weighted by Crippen LogP contribution is 2.38. The van der Waals surface area contributed by atoms with Crippen LogP contribution in [0.2, 0.25) is 0 Å². The predicted octanol–water partition coefficient (Wildman–Crippen LogP) is 5.74. The van der Waals surface area contributed by atoms with E-state index in [4.69, 9.17) is 10.3 Å². The van der Waals surface area contributed by atoms with Crippen molar-refractivity contribution < 1.29 is 8.63 Å². The number of nitriles is 1. The summed E-state index contributed by atoms with van der Waals surface area (Å²) < 4.78 is 28.4. The molecule has 0 N–H and O–H groups in total. The maximum absolute atomic E-state index is 13.7. The molecule has 0 fully saturated rings. The van der Waals surface area contributed by atoms with Crippen molar-refractivity contribution >= 4 is 24.3 Å². The van der Waals surface area contributed by atoms with Gasteiger partial charge in [0.05, 0.1) is 17.3 Å². The van der Waals surface area contributed by atoms with E-state index in [9.17, 15) is 8.63 Å². The minimum atomic E-state index is -2.60. The number of halogens is 2. The zero-order chi connectivity index (χ0) is 20.7. The molecule has 28 heavy (non-hydrogen) atoms. The van der Waals surface area contributed by atoms with Crippen LogP contribution in [-0.2, 0) is 0 Å². The van der Waals surface area contributed by atoms with Gasteiger partial charge in [0.25, 0.3) is 0 Å². The number of rotatable bonds is 3. The summed E-state index contributed by atoms with van der Waals surface area (Å²) in [7, 11) is -2.60. The Morgan fingerprint density at radius 2 is 1.75 bits per heavy atom. The fourth-order valence-corrected chi connectivity index (χ4v) is 4.13. The minimum absolute atomic E-state index is 0.524. The molecule has 1 aliphatic heterocycles. The number of hydrogen-bond acceptors (Lipinski definition) is 2. The molecule has 142 valence electrons. The molecule has 0 radical (unpaired) electrons. The Morgan fingerprint density at radius 1 is 1.07 bits per heavy atom. The third kappa shape index (κ3) is 3.11. The topological polar surface area (TPSA) is 41.1 Å². The molecule has 2 aromatic rings. The van der Waals surface area contributed by atoms with Crippen molar-refractivity contribution in [2.75, 3.05) is 0 Å². The van der Waals surface area contributed by atoms with Crippen molar-refractivity contribution in [1.29, 1.82) is 5.26 Å². The summed E-state index contributed by atoms with van der Waals surface area (Å²) in [6.07, 6.45) is 0. The summed E-state index contributed by atoms with van der Waals surface area (Å²) in [5, 5.41) is 9.11. The molecule has 0 unspecified atom stereocenters. The second-order valence-electron chi connectivity index (χ2n) is 7.28. The lowest BCUT2D eigenvalue weighted by Gasteiger charge is -2.13. The van der Waals surface area contributed by atoms with E-state index in [-0.39, 0.29) is 0 Å². The van der Waals surface area contributed by atoms with Gasteiger partial charge in [0.1, 0.15) is 0 Å². The normalized spacial score (nSPS) is 15.6. The van der Waals surface area contributed by atoms with E-state index in [0.717, 1.165) is 49.3 Å². The van der Waals surface area contributed by atoms with E-state index in [1.807, 2.05) is 46.8 Å². The first kappa shape index (κ1) is 19.8. The molecule has 0 aliphatic carbocycles. The van der Waals surface area contributed by atoms with Crippen LogP contribution in [0.1, 0.15) is 54.4 Å². The zero-order valence-corrected chi connectivity index (χ0v) is 17.0. The standard InChI is InChI=1S/C22H22BF2N3/c1-12-10-18(11-26)7-8-19(12)20-15(4)21(27-17(20)6)16(5)22-13(2)9-14(3)28(22)23(24)25/h7-10H,1-6H3/b21-16-. The van der Waals surface area contributed by atoms with Crippen LogP contribution in [0.15, 0.2) is 40.5 Å². The third-order valence-corrected chi connectivity index (χ3v) is 5.32. The molecule has 1 aromatic carbocycles. The molecular formula is C22H22BF2N3. The second kappa shape index (κ2) is 7.24. The summed E-state index contributed by atoms with van der Waals surface area (Å²) >= 11 is 0. The molecule has 6 heteroatoms. The van der Waals surface area contributed by atoms with Crippen molar-refractivity contribution in [2.24, 2.45) is 4.99 Å². The summed E-state index contributed by atoms with van der Waals surface area (Å²) in [5.41, 5.74) is 8.77. The lowest BCUT2D eigenvalue weighted by molar-refractivity contribution is 0.624. The molecular weight excluding hydrogens is 355 g/mol. The molecule has 0 spiro atoms. The number of nitrogens with zero attached hydrogens (tertiary/aromatic N) is 3. The summed E-state index contributed by atoms with van der Waals surface area (Å²) in [5.74, 6) is 0. The lowest BCUT2D eigenvalue weighted by Crippen LogP contribution is -2.17. The highest BCUT2D eigenvalue weighted by atomic mass is 19.2. The molecule has 2 heterocycles. The maximum Gasteiger partial charge on any atom is 0.677 e. The van der Waals surface area contributed by atoms with Crippen LogP contribution in [0.25, 0.3) is 11.1 Å². The molecule has 1 aromatic heterocycles. The van der Waals surface area contributed by atoms with Crippen molar-refractivity contribution in [3.63, 3.8) is 0 Å².